The second-order valence-electron chi connectivity index (χ2n) is 1.47. The van der Waals surface area contributed by atoms with Crippen LogP contribution in [0.3, 0.4) is 0 Å². The Kier molecular flexibility index (Phi) is 11.2. The van der Waals surface area contributed by atoms with Gasteiger partial charge in [-0.2, -0.15) is 0 Å². The van der Waals surface area contributed by atoms with Crippen LogP contribution in [0, 0.1) is 12.3 Å². The van der Waals surface area contributed by atoms with E-state index in [1.807, 2.05) is 13.8 Å². The van der Waals surface area contributed by atoms with Crippen LogP contribution in [0.25, 0.3) is 0 Å². The van der Waals surface area contributed by atoms with Gasteiger partial charge in [-0.1, -0.05) is 23.2 Å². The van der Waals surface area contributed by atoms with Crippen LogP contribution in [0.15, 0.2) is 0 Å². The van der Waals surface area contributed by atoms with Gasteiger partial charge in [-0.05, 0) is 0 Å². The fourth-order valence-electron chi connectivity index (χ4n) is 0.335. The molecule has 0 radical (unpaired) electrons. The smallest absolute Gasteiger partial charge is 0.321 e. The van der Waals surface area contributed by atoms with Crippen LogP contribution in [0.1, 0.15) is 20.3 Å². The number of aliphatic carboxylic acids is 1. The van der Waals surface area contributed by atoms with Gasteiger partial charge in [0.2, 0.25) is 0 Å². The molecule has 0 rings (SSSR count). The van der Waals surface area contributed by atoms with Crippen LogP contribution in [0.5, 0.6) is 0 Å². The first kappa shape index (κ1) is 13.0. The molecule has 0 heterocycles. The Hall–Kier alpha value is -0.580. The zero-order valence-corrected chi connectivity index (χ0v) is 7.95. The Bertz CT molecular complexity index is 142. The molecule has 0 saturated carbocycles. The van der Waals surface area contributed by atoms with Gasteiger partial charge in [-0.15, -0.1) is 12.3 Å². The van der Waals surface area contributed by atoms with E-state index in [1.54, 1.807) is 0 Å². The van der Waals surface area contributed by atoms with E-state index < -0.39 is 12.0 Å². The summed E-state index contributed by atoms with van der Waals surface area (Å²) >= 11 is 0. The molecule has 2 atom stereocenters. The Morgan fingerprint density at radius 3 is 2.36 bits per heavy atom. The Labute approximate surface area is 69.8 Å². The van der Waals surface area contributed by atoms with E-state index in [9.17, 15) is 4.79 Å². The van der Waals surface area contributed by atoms with Crippen molar-refractivity contribution in [1.29, 1.82) is 0 Å². The summed E-state index contributed by atoms with van der Waals surface area (Å²) in [6, 6.07) is -0.639. The third kappa shape index (κ3) is 7.32. The molecule has 3 nitrogen and oxygen atoms in total. The van der Waals surface area contributed by atoms with Crippen molar-refractivity contribution in [1.82, 2.24) is 5.09 Å². The zero-order valence-electron chi connectivity index (χ0n) is 6.79. The number of terminal acetylenes is 1. The molecule has 0 aliphatic rings. The number of carboxylic acid groups (broad SMARTS) is 1. The van der Waals surface area contributed by atoms with Gasteiger partial charge in [0.25, 0.3) is 0 Å². The van der Waals surface area contributed by atoms with E-state index in [2.05, 4.69) is 20.4 Å². The third-order valence-corrected chi connectivity index (χ3v) is 1.22. The minimum absolute atomic E-state index is 0.207. The van der Waals surface area contributed by atoms with Crippen molar-refractivity contribution in [3.63, 3.8) is 0 Å². The minimum Gasteiger partial charge on any atom is -0.480 e. The normalized spacial score (nSPS) is 10.4. The molecule has 2 unspecified atom stereocenters. The highest BCUT2D eigenvalue weighted by atomic mass is 31.0. The van der Waals surface area contributed by atoms with E-state index in [0.717, 1.165) is 0 Å². The molecule has 0 aromatic carbocycles. The molecule has 11 heavy (non-hydrogen) atoms. The molecule has 0 aromatic rings. The maximum absolute atomic E-state index is 10.1. The van der Waals surface area contributed by atoms with Gasteiger partial charge in [0, 0.05) is 6.42 Å². The van der Waals surface area contributed by atoms with Gasteiger partial charge in [0.1, 0.15) is 6.04 Å². The highest BCUT2D eigenvalue weighted by Gasteiger charge is 2.11. The molecule has 2 N–H and O–H groups in total. The lowest BCUT2D eigenvalue weighted by atomic mass is 10.2. The van der Waals surface area contributed by atoms with Crippen LogP contribution in [0.2, 0.25) is 0 Å². The van der Waals surface area contributed by atoms with E-state index in [-0.39, 0.29) is 6.42 Å². The van der Waals surface area contributed by atoms with E-state index in [0.29, 0.717) is 0 Å². The van der Waals surface area contributed by atoms with Crippen molar-refractivity contribution in [2.75, 3.05) is 0 Å². The molecular formula is C7H14NO2P. The average molecular weight is 175 g/mol. The number of hydrogen-bond acceptors (Lipinski definition) is 2. The summed E-state index contributed by atoms with van der Waals surface area (Å²) in [6.07, 6.45) is 5.09. The summed E-state index contributed by atoms with van der Waals surface area (Å²) in [5.74, 6) is 1.32. The van der Waals surface area contributed by atoms with Crippen molar-refractivity contribution in [3.05, 3.63) is 0 Å². The first-order valence-electron chi connectivity index (χ1n) is 3.34. The average Bonchev–Trinajstić information content (AvgIpc) is 2.03. The second-order valence-corrected chi connectivity index (χ2v) is 1.80. The Balaban J connectivity index is 0. The summed E-state index contributed by atoms with van der Waals surface area (Å²) in [5.41, 5.74) is 0. The Morgan fingerprint density at radius 2 is 2.27 bits per heavy atom. The maximum Gasteiger partial charge on any atom is 0.321 e. The molecule has 4 heteroatoms. The van der Waals surface area contributed by atoms with Gasteiger partial charge in [-0.3, -0.25) is 9.88 Å². The van der Waals surface area contributed by atoms with Crippen LogP contribution in [0.4, 0.5) is 0 Å². The molecule has 0 saturated heterocycles. The van der Waals surface area contributed by atoms with Gasteiger partial charge < -0.3 is 5.11 Å². The molecule has 64 valence electrons. The molecule has 0 aliphatic heterocycles. The van der Waals surface area contributed by atoms with E-state index in [1.165, 1.54) is 0 Å². The quantitative estimate of drug-likeness (QED) is 0.494. The number of carbonyl (C=O) groups is 1. The van der Waals surface area contributed by atoms with Crippen LogP contribution in [-0.4, -0.2) is 17.1 Å². The lowest BCUT2D eigenvalue weighted by Gasteiger charge is -2.04. The summed E-state index contributed by atoms with van der Waals surface area (Å²) in [6.45, 7) is 4.00. The monoisotopic (exact) mass is 175 g/mol. The predicted octanol–water partition coefficient (Wildman–Crippen LogP) is 0.869. The van der Waals surface area contributed by atoms with Crippen molar-refractivity contribution in [2.45, 2.75) is 26.3 Å². The summed E-state index contributed by atoms with van der Waals surface area (Å²) < 4.78 is 0. The molecular weight excluding hydrogens is 161 g/mol. The number of hydrogen-bond donors (Lipinski definition) is 2. The topological polar surface area (TPSA) is 49.3 Å². The summed E-state index contributed by atoms with van der Waals surface area (Å²) in [4.78, 5) is 10.1. The first-order valence-corrected chi connectivity index (χ1v) is 3.92. The number of carboxylic acids is 1. The second kappa shape index (κ2) is 9.42. The van der Waals surface area contributed by atoms with Crippen molar-refractivity contribution in [2.24, 2.45) is 0 Å². The SMILES string of the molecule is C#CCC(NP)C(=O)O.CC. The molecule has 0 fully saturated rings. The van der Waals surface area contributed by atoms with Crippen molar-refractivity contribution < 1.29 is 9.90 Å². The molecule has 0 spiro atoms. The maximum atomic E-state index is 10.1. The molecule has 0 amide bonds. The van der Waals surface area contributed by atoms with Gasteiger partial charge in [0.15, 0.2) is 0 Å². The summed E-state index contributed by atoms with van der Waals surface area (Å²) in [5, 5.41) is 10.8. The molecule has 0 aromatic heterocycles. The van der Waals surface area contributed by atoms with Gasteiger partial charge in [-0.25, -0.2) is 0 Å². The van der Waals surface area contributed by atoms with Crippen LogP contribution in [-0.2, 0) is 4.79 Å². The number of nitrogens with one attached hydrogen (secondary N) is 1. The van der Waals surface area contributed by atoms with E-state index in [4.69, 9.17) is 11.5 Å². The van der Waals surface area contributed by atoms with Gasteiger partial charge in [0.05, 0.1) is 0 Å². The van der Waals surface area contributed by atoms with Crippen LogP contribution >= 0.6 is 9.39 Å². The van der Waals surface area contributed by atoms with Crippen molar-refractivity contribution in [3.8, 4) is 12.3 Å². The minimum atomic E-state index is -0.928. The molecule has 0 bridgehead atoms. The summed E-state index contributed by atoms with van der Waals surface area (Å²) in [7, 11) is 2.11. The van der Waals surface area contributed by atoms with Crippen molar-refractivity contribution >= 4 is 15.4 Å². The highest BCUT2D eigenvalue weighted by Crippen LogP contribution is 1.91. The fraction of sp³-hybridized carbons (Fsp3) is 0.571. The lowest BCUT2D eigenvalue weighted by Crippen LogP contribution is -2.29. The third-order valence-electron chi connectivity index (χ3n) is 0.821. The Morgan fingerprint density at radius 1 is 1.82 bits per heavy atom. The largest absolute Gasteiger partial charge is 0.480 e. The first-order chi connectivity index (χ1) is 5.22. The predicted molar refractivity (Wildman–Crippen MR) is 49.1 cm³/mol. The van der Waals surface area contributed by atoms with Gasteiger partial charge >= 0.3 is 5.97 Å². The standard InChI is InChI=1S/C5H8NO2P.C2H6/c1-2-3-4(6-9)5(7)8;1-2/h1,4,6H,3,9H2,(H,7,8);1-2H3. The fourth-order valence-corrected chi connectivity index (χ4v) is 0.596. The van der Waals surface area contributed by atoms with E-state index >= 15 is 0 Å². The van der Waals surface area contributed by atoms with Crippen LogP contribution < -0.4 is 5.09 Å². The lowest BCUT2D eigenvalue weighted by molar-refractivity contribution is -0.138. The molecule has 0 aliphatic carbocycles. The number of rotatable bonds is 3. The zero-order chi connectivity index (χ0) is 9.28. The highest BCUT2D eigenvalue weighted by molar-refractivity contribution is 7.13.